The molecule has 0 bridgehead atoms. The maximum absolute atomic E-state index is 12.9. The molecule has 0 aromatic heterocycles. The molecule has 3 aliphatic rings. The predicted octanol–water partition coefficient (Wildman–Crippen LogP) is 1.84. The van der Waals surface area contributed by atoms with Crippen LogP contribution in [0.4, 0.5) is 0 Å². The molecule has 1 aromatic rings. The van der Waals surface area contributed by atoms with Crippen molar-refractivity contribution in [3.8, 4) is 0 Å². The first kappa shape index (κ1) is 29.2. The third-order valence-corrected chi connectivity index (χ3v) is 11.2. The number of halogens is 2. The van der Waals surface area contributed by atoms with Crippen LogP contribution in [0.25, 0.3) is 0 Å². The van der Waals surface area contributed by atoms with Gasteiger partial charge in [-0.2, -0.15) is 0 Å². The lowest BCUT2D eigenvalue weighted by molar-refractivity contribution is -0.609. The van der Waals surface area contributed by atoms with Crippen molar-refractivity contribution in [1.29, 1.82) is 0 Å². The van der Waals surface area contributed by atoms with Crippen molar-refractivity contribution < 1.29 is 35.1 Å². The van der Waals surface area contributed by atoms with E-state index in [1.54, 1.807) is 30.0 Å². The van der Waals surface area contributed by atoms with Crippen LogP contribution in [0.3, 0.4) is 0 Å². The lowest BCUT2D eigenvalue weighted by Crippen LogP contribution is -3.00. The van der Waals surface area contributed by atoms with Crippen LogP contribution in [0.5, 0.6) is 0 Å². The Morgan fingerprint density at radius 2 is 1.63 bits per heavy atom. The van der Waals surface area contributed by atoms with Crippen LogP contribution in [0.1, 0.15) is 76.7 Å². The van der Waals surface area contributed by atoms with E-state index >= 15 is 0 Å². The number of amidine groups is 1. The summed E-state index contributed by atoms with van der Waals surface area (Å²) in [6.45, 7) is 2.72. The van der Waals surface area contributed by atoms with E-state index in [4.69, 9.17) is 11.6 Å². The normalized spacial score (nSPS) is 24.6. The van der Waals surface area contributed by atoms with E-state index in [1.165, 1.54) is 78.3 Å². The van der Waals surface area contributed by atoms with Crippen molar-refractivity contribution in [2.45, 2.75) is 93.8 Å². The summed E-state index contributed by atoms with van der Waals surface area (Å²) in [5, 5.41) is 13.4. The maximum Gasteiger partial charge on any atom is 0.311 e. The van der Waals surface area contributed by atoms with Gasteiger partial charge in [-0.1, -0.05) is 30.5 Å². The van der Waals surface area contributed by atoms with Crippen LogP contribution in [-0.4, -0.2) is 70.9 Å². The molecular formula is C25H39BrClN3O3S2. The molecule has 2 aliphatic carbocycles. The van der Waals surface area contributed by atoms with E-state index in [0.717, 1.165) is 9.47 Å². The van der Waals surface area contributed by atoms with Crippen LogP contribution in [0, 0.1) is 0 Å². The summed E-state index contributed by atoms with van der Waals surface area (Å²) < 4.78 is 29.6. The van der Waals surface area contributed by atoms with E-state index in [1.807, 2.05) is 0 Å². The zero-order valence-corrected chi connectivity index (χ0v) is 25.0. The number of aliphatic hydroxyl groups is 1. The fourth-order valence-corrected chi connectivity index (χ4v) is 8.73. The van der Waals surface area contributed by atoms with Crippen LogP contribution < -0.4 is 17.0 Å². The van der Waals surface area contributed by atoms with Crippen LogP contribution >= 0.6 is 23.4 Å². The van der Waals surface area contributed by atoms with Crippen LogP contribution in [0.2, 0.25) is 5.02 Å². The number of sulfonamides is 1. The van der Waals surface area contributed by atoms with Gasteiger partial charge in [-0.15, -0.1) is 0 Å². The molecular weight excluding hydrogens is 570 g/mol. The molecule has 35 heavy (non-hydrogen) atoms. The zero-order chi connectivity index (χ0) is 24.5. The second kappa shape index (κ2) is 12.0. The summed E-state index contributed by atoms with van der Waals surface area (Å²) in [6, 6.07) is 5.97. The fourth-order valence-electron chi connectivity index (χ4n) is 5.80. The molecule has 1 saturated heterocycles. The molecule has 1 heterocycles. The minimum Gasteiger partial charge on any atom is -1.00 e. The third-order valence-electron chi connectivity index (χ3n) is 7.71. The average Bonchev–Trinajstić information content (AvgIpc) is 3.17. The summed E-state index contributed by atoms with van der Waals surface area (Å²) in [5.41, 5.74) is -0.703. The SMILES string of the molecule is CCN1C(=[N+](C2CCCCC2)C2CCCCC2)SCC1(O)c1ccc(Cl)c(S(=O)(=O)N(C)C)c1.[Br-]. The fraction of sp³-hybridized carbons (Fsp3) is 0.720. The lowest BCUT2D eigenvalue weighted by Gasteiger charge is -2.35. The highest BCUT2D eigenvalue weighted by Gasteiger charge is 2.53. The van der Waals surface area contributed by atoms with Crippen LogP contribution in [0.15, 0.2) is 23.1 Å². The summed E-state index contributed by atoms with van der Waals surface area (Å²) in [5.74, 6) is 0.467. The first-order valence-corrected chi connectivity index (χ1v) is 15.5. The smallest absolute Gasteiger partial charge is 0.311 e. The highest BCUT2D eigenvalue weighted by molar-refractivity contribution is 8.13. The Labute approximate surface area is 230 Å². The van der Waals surface area contributed by atoms with Crippen LogP contribution in [-0.2, 0) is 15.7 Å². The van der Waals surface area contributed by atoms with Gasteiger partial charge in [0.1, 0.15) is 4.90 Å². The van der Waals surface area contributed by atoms with E-state index in [9.17, 15) is 13.5 Å². The molecule has 1 unspecified atom stereocenters. The number of hydrogen-bond acceptors (Lipinski definition) is 4. The van der Waals surface area contributed by atoms with E-state index in [2.05, 4.69) is 16.4 Å². The van der Waals surface area contributed by atoms with Crippen molar-refractivity contribution in [3.05, 3.63) is 28.8 Å². The minimum atomic E-state index is -3.73. The van der Waals surface area contributed by atoms with Gasteiger partial charge < -0.3 is 22.1 Å². The summed E-state index contributed by atoms with van der Waals surface area (Å²) >= 11 is 8.03. The highest BCUT2D eigenvalue weighted by atomic mass is 79.9. The van der Waals surface area contributed by atoms with Crippen molar-refractivity contribution in [1.82, 2.24) is 9.21 Å². The van der Waals surface area contributed by atoms with Crippen molar-refractivity contribution in [3.63, 3.8) is 0 Å². The third kappa shape index (κ3) is 5.75. The van der Waals surface area contributed by atoms with E-state index < -0.39 is 15.7 Å². The standard InChI is InChI=1S/C25H39ClN3O3S2.BrH/c1-4-28-24(29(20-11-7-5-8-12-20)21-13-9-6-10-14-21)33-18-25(28,30)19-15-16-22(26)23(17-19)34(31,32)27(2)3;/h15-17,20-21,30H,4-14,18H2,1-3H3;1H/q+1;/p-1. The lowest BCUT2D eigenvalue weighted by atomic mass is 9.90. The second-order valence-corrected chi connectivity index (χ2v) is 13.5. The van der Waals surface area contributed by atoms with Gasteiger partial charge >= 0.3 is 5.17 Å². The zero-order valence-electron chi connectivity index (χ0n) is 21.0. The molecule has 198 valence electrons. The van der Waals surface area contributed by atoms with Crippen molar-refractivity contribution in [2.24, 2.45) is 0 Å². The van der Waals surface area contributed by atoms with Crippen molar-refractivity contribution in [2.75, 3.05) is 26.4 Å². The van der Waals surface area contributed by atoms with Gasteiger partial charge in [0.2, 0.25) is 15.7 Å². The predicted molar refractivity (Wildman–Crippen MR) is 140 cm³/mol. The number of nitrogens with zero attached hydrogens (tertiary/aromatic N) is 3. The Kier molecular flexibility index (Phi) is 10.1. The molecule has 2 saturated carbocycles. The van der Waals surface area contributed by atoms with Gasteiger partial charge in [-0.3, -0.25) is 4.58 Å². The summed E-state index contributed by atoms with van der Waals surface area (Å²) in [6.07, 6.45) is 12.5. The van der Waals surface area contributed by atoms with Gasteiger partial charge in [0, 0.05) is 19.7 Å². The monoisotopic (exact) mass is 607 g/mol. The Morgan fingerprint density at radius 1 is 1.09 bits per heavy atom. The molecule has 4 rings (SSSR count). The first-order chi connectivity index (χ1) is 16.2. The first-order valence-electron chi connectivity index (χ1n) is 12.7. The van der Waals surface area contributed by atoms with Gasteiger partial charge in [-0.25, -0.2) is 17.6 Å². The Hall–Kier alpha value is -0.320. The molecule has 1 aromatic carbocycles. The molecule has 0 spiro atoms. The highest BCUT2D eigenvalue weighted by Crippen LogP contribution is 2.42. The minimum absolute atomic E-state index is 0. The Morgan fingerprint density at radius 3 is 2.11 bits per heavy atom. The Bertz CT molecular complexity index is 1000. The number of hydrogen-bond donors (Lipinski definition) is 1. The summed E-state index contributed by atoms with van der Waals surface area (Å²) in [7, 11) is -0.737. The quantitative estimate of drug-likeness (QED) is 0.500. The maximum atomic E-state index is 12.9. The van der Waals surface area contributed by atoms with Gasteiger partial charge in [-0.05, 0) is 82.2 Å². The second-order valence-electron chi connectivity index (χ2n) is 10.1. The average molecular weight is 609 g/mol. The molecule has 10 heteroatoms. The molecule has 3 fully saturated rings. The van der Waals surface area contributed by atoms with Gasteiger partial charge in [0.05, 0.1) is 29.4 Å². The molecule has 1 N–H and O–H groups in total. The molecule has 0 radical (unpaired) electrons. The molecule has 1 atom stereocenters. The summed E-state index contributed by atoms with van der Waals surface area (Å²) in [4.78, 5) is 2.15. The molecule has 0 amide bonds. The Balaban J connectivity index is 0.00000342. The van der Waals surface area contributed by atoms with E-state index in [-0.39, 0.29) is 26.9 Å². The topological polar surface area (TPSA) is 63.9 Å². The van der Waals surface area contributed by atoms with Gasteiger partial charge in [0.15, 0.2) is 0 Å². The number of thioether (sulfide) groups is 1. The number of benzene rings is 1. The largest absolute Gasteiger partial charge is 1.00 e. The van der Waals surface area contributed by atoms with Crippen molar-refractivity contribution >= 4 is 38.6 Å². The molecule has 1 aliphatic heterocycles. The van der Waals surface area contributed by atoms with Gasteiger partial charge in [0.25, 0.3) is 0 Å². The number of rotatable bonds is 6. The molecule has 6 nitrogen and oxygen atoms in total. The van der Waals surface area contributed by atoms with E-state index in [0.29, 0.717) is 29.9 Å².